The second-order valence-corrected chi connectivity index (χ2v) is 5.04. The summed E-state index contributed by atoms with van der Waals surface area (Å²) < 4.78 is 76.3. The van der Waals surface area contributed by atoms with Crippen LogP contribution in [-0.2, 0) is 12.4 Å². The highest BCUT2D eigenvalue weighted by molar-refractivity contribution is 7.22. The highest BCUT2D eigenvalue weighted by Crippen LogP contribution is 2.41. The first-order valence-corrected chi connectivity index (χ1v) is 6.10. The lowest BCUT2D eigenvalue weighted by Crippen LogP contribution is -2.12. The summed E-state index contributed by atoms with van der Waals surface area (Å²) >= 11 is 0. The normalized spacial score (nSPS) is 19.4. The summed E-state index contributed by atoms with van der Waals surface area (Å²) in [5.41, 5.74) is -2.61. The number of rotatable bonds is 1. The largest absolute Gasteiger partial charge is 0.416 e. The summed E-state index contributed by atoms with van der Waals surface area (Å²) in [5, 5.41) is 0.623. The Kier molecular flexibility index (Phi) is 3.71. The summed E-state index contributed by atoms with van der Waals surface area (Å²) in [6, 6.07) is 1.65. The predicted molar refractivity (Wildman–Crippen MR) is 66.1 cm³/mol. The number of benzene rings is 1. The molecule has 108 valence electrons. The molecule has 0 nitrogen and oxygen atoms in total. The van der Waals surface area contributed by atoms with Crippen molar-refractivity contribution in [2.24, 2.45) is 0 Å². The van der Waals surface area contributed by atoms with Crippen molar-refractivity contribution in [3.63, 3.8) is 0 Å². The minimum absolute atomic E-state index is 0.0258. The van der Waals surface area contributed by atoms with E-state index in [1.807, 2.05) is 0 Å². The van der Waals surface area contributed by atoms with Gasteiger partial charge in [0.15, 0.2) is 0 Å². The first kappa shape index (κ1) is 15.1. The van der Waals surface area contributed by atoms with Crippen LogP contribution in [-0.4, -0.2) is 0 Å². The van der Waals surface area contributed by atoms with Crippen LogP contribution < -0.4 is 0 Å². The Morgan fingerprint density at radius 1 is 0.850 bits per heavy atom. The zero-order valence-corrected chi connectivity index (χ0v) is 11.0. The van der Waals surface area contributed by atoms with E-state index in [0.717, 1.165) is 12.1 Å². The van der Waals surface area contributed by atoms with Gasteiger partial charge in [0.25, 0.3) is 0 Å². The molecule has 2 atom stereocenters. The van der Waals surface area contributed by atoms with E-state index in [1.54, 1.807) is 18.2 Å². The van der Waals surface area contributed by atoms with Crippen molar-refractivity contribution >= 4 is 9.24 Å². The van der Waals surface area contributed by atoms with Crippen molar-refractivity contribution in [3.8, 4) is 0 Å². The lowest BCUT2D eigenvalue weighted by Gasteiger charge is -2.17. The van der Waals surface area contributed by atoms with Gasteiger partial charge in [-0.05, 0) is 29.1 Å². The molecule has 0 radical (unpaired) electrons. The van der Waals surface area contributed by atoms with Crippen LogP contribution >= 0.6 is 9.24 Å². The van der Waals surface area contributed by atoms with E-state index >= 15 is 0 Å². The van der Waals surface area contributed by atoms with Crippen LogP contribution in [0.2, 0.25) is 0 Å². The Hall–Kier alpha value is -1.29. The minimum atomic E-state index is -4.82. The fourth-order valence-electron chi connectivity index (χ4n) is 1.95. The third-order valence-electron chi connectivity index (χ3n) is 2.92. The summed E-state index contributed by atoms with van der Waals surface area (Å²) in [4.78, 5) is 0. The fraction of sp³-hybridized carbons (Fsp3) is 0.231. The monoisotopic (exact) mass is 310 g/mol. The molecule has 0 aromatic heterocycles. The molecule has 0 saturated heterocycles. The molecule has 0 bridgehead atoms. The maximum Gasteiger partial charge on any atom is 0.416 e. The molecular weight excluding hydrogens is 301 g/mol. The van der Waals surface area contributed by atoms with Gasteiger partial charge in [-0.2, -0.15) is 26.3 Å². The molecule has 0 amide bonds. The van der Waals surface area contributed by atoms with Crippen LogP contribution in [0.5, 0.6) is 0 Å². The maximum absolute atomic E-state index is 12.7. The highest BCUT2D eigenvalue weighted by atomic mass is 31.0. The van der Waals surface area contributed by atoms with Crippen molar-refractivity contribution in [3.05, 3.63) is 58.4 Å². The molecule has 1 aromatic rings. The van der Waals surface area contributed by atoms with E-state index in [1.165, 1.54) is 0 Å². The van der Waals surface area contributed by atoms with E-state index in [2.05, 4.69) is 9.24 Å². The third-order valence-corrected chi connectivity index (χ3v) is 3.47. The van der Waals surface area contributed by atoms with Crippen LogP contribution in [0.3, 0.4) is 0 Å². The zero-order valence-electron chi connectivity index (χ0n) is 9.89. The summed E-state index contributed by atoms with van der Waals surface area (Å²) in [6.07, 6.45) is -4.85. The number of hydrogen-bond acceptors (Lipinski definition) is 0. The van der Waals surface area contributed by atoms with Crippen molar-refractivity contribution in [1.29, 1.82) is 0 Å². The zero-order chi connectivity index (χ0) is 15.1. The smallest absolute Gasteiger partial charge is 0.166 e. The lowest BCUT2D eigenvalue weighted by atomic mass is 9.95. The number of allylic oxidation sites excluding steroid dienone is 4. The first-order valence-electron chi connectivity index (χ1n) is 5.52. The fourth-order valence-corrected chi connectivity index (χ4v) is 2.37. The molecule has 20 heavy (non-hydrogen) atoms. The summed E-state index contributed by atoms with van der Waals surface area (Å²) in [7, 11) is 2.31. The van der Waals surface area contributed by atoms with Gasteiger partial charge in [0.2, 0.25) is 0 Å². The number of halogens is 6. The first-order chi connectivity index (χ1) is 9.09. The van der Waals surface area contributed by atoms with Gasteiger partial charge in [-0.1, -0.05) is 18.2 Å². The van der Waals surface area contributed by atoms with E-state index in [4.69, 9.17) is 0 Å². The molecule has 0 aliphatic heterocycles. The molecule has 0 heterocycles. The Balaban J connectivity index is 2.58. The average Bonchev–Trinajstić information content (AvgIpc) is 2.72. The van der Waals surface area contributed by atoms with Gasteiger partial charge in [-0.15, -0.1) is 9.24 Å². The number of alkyl halides is 6. The van der Waals surface area contributed by atoms with Gasteiger partial charge >= 0.3 is 12.4 Å². The summed E-state index contributed by atoms with van der Waals surface area (Å²) in [5.74, 6) is -0.580. The highest BCUT2D eigenvalue weighted by Gasteiger charge is 2.37. The maximum atomic E-state index is 12.7. The van der Waals surface area contributed by atoms with Crippen molar-refractivity contribution < 1.29 is 26.3 Å². The molecular formula is C13H9F6P. The molecule has 2 unspecified atom stereocenters. The molecule has 1 aliphatic rings. The van der Waals surface area contributed by atoms with Gasteiger partial charge < -0.3 is 0 Å². The quantitative estimate of drug-likeness (QED) is 0.498. The topological polar surface area (TPSA) is 0 Å². The Labute approximate surface area is 113 Å². The van der Waals surface area contributed by atoms with Gasteiger partial charge in [0.1, 0.15) is 0 Å². The van der Waals surface area contributed by atoms with Gasteiger partial charge in [0.05, 0.1) is 11.1 Å². The van der Waals surface area contributed by atoms with Crippen LogP contribution in [0, 0.1) is 0 Å². The Morgan fingerprint density at radius 2 is 1.35 bits per heavy atom. The summed E-state index contributed by atoms with van der Waals surface area (Å²) in [6.45, 7) is 0. The molecule has 7 heteroatoms. The SMILES string of the molecule is FC(F)(F)c1cc(C2C=CC=C2P)cc(C(F)(F)F)c1. The predicted octanol–water partition coefficient (Wildman–Crippen LogP) is 5.14. The van der Waals surface area contributed by atoms with Crippen LogP contribution in [0.25, 0.3) is 0 Å². The number of hydrogen-bond donors (Lipinski definition) is 0. The lowest BCUT2D eigenvalue weighted by molar-refractivity contribution is -0.143. The van der Waals surface area contributed by atoms with Gasteiger partial charge in [0, 0.05) is 5.92 Å². The molecule has 1 aliphatic carbocycles. The van der Waals surface area contributed by atoms with Gasteiger partial charge in [-0.3, -0.25) is 0 Å². The molecule has 1 aromatic carbocycles. The van der Waals surface area contributed by atoms with Crippen LogP contribution in [0.15, 0.2) is 41.7 Å². The van der Waals surface area contributed by atoms with Crippen LogP contribution in [0.4, 0.5) is 26.3 Å². The van der Waals surface area contributed by atoms with E-state index in [9.17, 15) is 26.3 Å². The van der Waals surface area contributed by atoms with Crippen LogP contribution in [0.1, 0.15) is 22.6 Å². The van der Waals surface area contributed by atoms with Crippen molar-refractivity contribution in [2.75, 3.05) is 0 Å². The minimum Gasteiger partial charge on any atom is -0.166 e. The standard InChI is InChI=1S/C13H9F6P/c14-12(15,16)8-4-7(10-2-1-3-11(10)20)5-9(6-8)13(17,18)19/h1-6,10H,20H2. The Morgan fingerprint density at radius 3 is 1.70 bits per heavy atom. The average molecular weight is 310 g/mol. The van der Waals surface area contributed by atoms with Crippen molar-refractivity contribution in [1.82, 2.24) is 0 Å². The van der Waals surface area contributed by atoms with E-state index in [0.29, 0.717) is 5.31 Å². The molecule has 0 N–H and O–H groups in total. The molecule has 0 fully saturated rings. The van der Waals surface area contributed by atoms with Crippen molar-refractivity contribution in [2.45, 2.75) is 18.3 Å². The second kappa shape index (κ2) is 4.92. The van der Waals surface area contributed by atoms with Gasteiger partial charge in [-0.25, -0.2) is 0 Å². The molecule has 2 rings (SSSR count). The molecule has 0 spiro atoms. The van der Waals surface area contributed by atoms with E-state index < -0.39 is 29.4 Å². The molecule has 0 saturated carbocycles. The Bertz CT molecular complexity index is 547. The third kappa shape index (κ3) is 3.06. The van der Waals surface area contributed by atoms with E-state index in [-0.39, 0.29) is 11.6 Å². The second-order valence-electron chi connectivity index (χ2n) is 4.37.